The number of sulfonamides is 2. The molecule has 1 saturated heterocycles. The average Bonchev–Trinajstić information content (AvgIpc) is 3.54. The molecule has 7 N–H and O–H groups in total. The number of hydrogen-bond donors (Lipinski definition) is 6. The fraction of sp³-hybridized carbons (Fsp3) is 0.263. The van der Waals surface area contributed by atoms with Gasteiger partial charge in [0.05, 0.1) is 22.9 Å². The summed E-state index contributed by atoms with van der Waals surface area (Å²) in [6.07, 6.45) is 1.50. The second-order valence-electron chi connectivity index (χ2n) is 7.91. The third kappa shape index (κ3) is 4.54. The molecule has 0 aliphatic carbocycles. The van der Waals surface area contributed by atoms with Gasteiger partial charge in [-0.15, -0.1) is 10.2 Å². The summed E-state index contributed by atoms with van der Waals surface area (Å²) in [5.41, 5.74) is 2.00. The number of aromatic nitrogens is 6. The molecule has 0 saturated carbocycles. The van der Waals surface area contributed by atoms with Crippen molar-refractivity contribution in [2.45, 2.75) is 15.8 Å². The van der Waals surface area contributed by atoms with E-state index in [1.807, 2.05) is 0 Å². The number of H-pyrrole nitrogens is 2. The lowest BCUT2D eigenvalue weighted by molar-refractivity contribution is 0.414. The van der Waals surface area contributed by atoms with E-state index < -0.39 is 29.8 Å². The van der Waals surface area contributed by atoms with Crippen molar-refractivity contribution in [1.29, 1.82) is 0 Å². The van der Waals surface area contributed by atoms with Crippen LogP contribution in [0.25, 0.3) is 33.5 Å². The molecule has 35 heavy (non-hydrogen) atoms. The number of primary sulfonamides is 1. The fourth-order valence-electron chi connectivity index (χ4n) is 4.10. The first-order chi connectivity index (χ1) is 16.8. The lowest BCUT2D eigenvalue weighted by Gasteiger charge is -2.25. The van der Waals surface area contributed by atoms with E-state index in [-0.39, 0.29) is 24.0 Å². The van der Waals surface area contributed by atoms with Crippen molar-refractivity contribution in [3.8, 4) is 22.5 Å². The normalized spacial score (nSPS) is 17.1. The van der Waals surface area contributed by atoms with Crippen molar-refractivity contribution in [3.63, 3.8) is 0 Å². The van der Waals surface area contributed by atoms with Crippen LogP contribution in [0.4, 0.5) is 0 Å². The molecule has 0 bridgehead atoms. The molecule has 3 heterocycles. The van der Waals surface area contributed by atoms with Gasteiger partial charge in [0.1, 0.15) is 9.79 Å². The molecule has 14 nitrogen and oxygen atoms in total. The summed E-state index contributed by atoms with van der Waals surface area (Å²) in [7, 11) is -8.89. The van der Waals surface area contributed by atoms with Gasteiger partial charge in [-0.25, -0.2) is 31.7 Å². The van der Waals surface area contributed by atoms with Crippen LogP contribution in [-0.4, -0.2) is 79.6 Å². The van der Waals surface area contributed by atoms with Gasteiger partial charge >= 0.3 is 0 Å². The van der Waals surface area contributed by atoms with Crippen LogP contribution in [0.1, 0.15) is 0 Å². The Hall–Kier alpha value is -3.28. The van der Waals surface area contributed by atoms with E-state index in [0.717, 1.165) is 6.54 Å². The van der Waals surface area contributed by atoms with Crippen LogP contribution in [0.3, 0.4) is 0 Å². The third-order valence-electron chi connectivity index (χ3n) is 5.65. The van der Waals surface area contributed by atoms with E-state index in [4.69, 9.17) is 5.14 Å². The molecule has 5 rings (SSSR count). The number of nitrogens with one attached hydrogen (secondary N) is 5. The highest BCUT2D eigenvalue weighted by molar-refractivity contribution is 7.92. The average molecular weight is 519 g/mol. The highest BCUT2D eigenvalue weighted by Gasteiger charge is 2.33. The Morgan fingerprint density at radius 2 is 1.94 bits per heavy atom. The monoisotopic (exact) mass is 518 g/mol. The molecule has 1 fully saturated rings. The number of rotatable bonds is 7. The van der Waals surface area contributed by atoms with Crippen LogP contribution in [0.15, 0.2) is 46.5 Å². The first kappa shape index (κ1) is 23.5. The van der Waals surface area contributed by atoms with Crippen LogP contribution in [-0.2, 0) is 20.0 Å². The summed E-state index contributed by atoms with van der Waals surface area (Å²) >= 11 is 0. The minimum absolute atomic E-state index is 0.0469. The zero-order chi connectivity index (χ0) is 24.6. The zero-order valence-electron chi connectivity index (χ0n) is 18.2. The van der Waals surface area contributed by atoms with Gasteiger partial charge in [0.15, 0.2) is 0 Å². The van der Waals surface area contributed by atoms with Crippen LogP contribution in [0, 0.1) is 0 Å². The molecule has 1 unspecified atom stereocenters. The summed E-state index contributed by atoms with van der Waals surface area (Å²) in [6.45, 7) is 2.07. The molecule has 0 radical (unpaired) electrons. The first-order valence-corrected chi connectivity index (χ1v) is 13.6. The topological polar surface area (TPSA) is 214 Å². The Morgan fingerprint density at radius 1 is 1.09 bits per heavy atom. The summed E-state index contributed by atoms with van der Waals surface area (Å²) in [4.78, 5) is 6.16. The number of nitrogens with zero attached hydrogens (tertiary/aromatic N) is 4. The van der Waals surface area contributed by atoms with E-state index in [9.17, 15) is 16.8 Å². The van der Waals surface area contributed by atoms with E-state index >= 15 is 0 Å². The van der Waals surface area contributed by atoms with E-state index in [0.29, 0.717) is 35.2 Å². The molecule has 2 aromatic heterocycles. The van der Waals surface area contributed by atoms with Gasteiger partial charge in [-0.1, -0.05) is 18.2 Å². The predicted octanol–water partition coefficient (Wildman–Crippen LogP) is -1.10. The molecule has 4 aromatic rings. The smallest absolute Gasteiger partial charge is 0.241 e. The number of hydrogen-bond acceptors (Lipinski definition) is 10. The maximum absolute atomic E-state index is 13.3. The maximum atomic E-state index is 13.3. The largest absolute Gasteiger partial charge is 0.345 e. The SMILES string of the molecule is NS(=O)(=O)c1c(S(=O)(=O)NCC2CNCCN2)ccc(-c2cccc3[nH]cnc23)c1-c1nn[nH]n1. The van der Waals surface area contributed by atoms with Crippen molar-refractivity contribution in [3.05, 3.63) is 36.7 Å². The van der Waals surface area contributed by atoms with Crippen molar-refractivity contribution in [1.82, 2.24) is 45.9 Å². The molecule has 0 amide bonds. The Bertz CT molecular complexity index is 1580. The predicted molar refractivity (Wildman–Crippen MR) is 126 cm³/mol. The second kappa shape index (κ2) is 9.06. The van der Waals surface area contributed by atoms with Gasteiger partial charge in [-0.05, 0) is 22.9 Å². The summed E-state index contributed by atoms with van der Waals surface area (Å²) in [6, 6.07) is 7.81. The molecule has 1 atom stereocenters. The minimum atomic E-state index is -4.58. The number of tetrazole rings is 1. The van der Waals surface area contributed by atoms with Gasteiger partial charge in [0.25, 0.3) is 0 Å². The van der Waals surface area contributed by atoms with Crippen LogP contribution >= 0.6 is 0 Å². The molecule has 0 spiro atoms. The highest BCUT2D eigenvalue weighted by Crippen LogP contribution is 2.40. The second-order valence-corrected chi connectivity index (χ2v) is 11.1. The lowest BCUT2D eigenvalue weighted by Crippen LogP contribution is -2.53. The number of nitrogens with two attached hydrogens (primary N) is 1. The summed E-state index contributed by atoms with van der Waals surface area (Å²) in [5.74, 6) is -0.133. The first-order valence-electron chi connectivity index (χ1n) is 10.6. The maximum Gasteiger partial charge on any atom is 0.241 e. The number of aromatic amines is 2. The van der Waals surface area contributed by atoms with Gasteiger partial charge in [-0.3, -0.25) is 0 Å². The summed E-state index contributed by atoms with van der Waals surface area (Å²) in [5, 5.41) is 25.6. The van der Waals surface area contributed by atoms with Crippen molar-refractivity contribution in [2.75, 3.05) is 26.2 Å². The molecule has 184 valence electrons. The number of benzene rings is 2. The Kier molecular flexibility index (Phi) is 6.07. The fourth-order valence-corrected chi connectivity index (χ4v) is 6.78. The molecule has 1 aliphatic rings. The van der Waals surface area contributed by atoms with E-state index in [1.165, 1.54) is 18.5 Å². The molecule has 16 heteroatoms. The highest BCUT2D eigenvalue weighted by atomic mass is 32.2. The van der Waals surface area contributed by atoms with E-state index in [2.05, 4.69) is 45.9 Å². The minimum Gasteiger partial charge on any atom is -0.345 e. The molecular weight excluding hydrogens is 496 g/mol. The number of para-hydroxylation sites is 1. The van der Waals surface area contributed by atoms with Gasteiger partial charge in [-0.2, -0.15) is 5.21 Å². The Labute approximate surface area is 200 Å². The third-order valence-corrected chi connectivity index (χ3v) is 8.24. The van der Waals surface area contributed by atoms with Gasteiger partial charge < -0.3 is 15.6 Å². The number of imidazole rings is 1. The Balaban J connectivity index is 1.71. The molecule has 2 aromatic carbocycles. The van der Waals surface area contributed by atoms with Crippen LogP contribution in [0.2, 0.25) is 0 Å². The van der Waals surface area contributed by atoms with Crippen LogP contribution < -0.4 is 20.5 Å². The van der Waals surface area contributed by atoms with Gasteiger partial charge in [0, 0.05) is 37.8 Å². The van der Waals surface area contributed by atoms with Crippen molar-refractivity contribution < 1.29 is 16.8 Å². The standard InChI is InChI=1S/C19H22N10O4S2/c20-34(30,31)18-15(35(32,33)25-9-11-8-21-6-7-22-11)5-4-12(16(18)19-26-28-29-27-19)13-2-1-3-14-17(13)24-10-23-14/h1-5,10-11,21-22,25H,6-9H2,(H,23,24)(H2,20,30,31)(H,26,27,28,29). The zero-order valence-corrected chi connectivity index (χ0v) is 19.8. The van der Waals surface area contributed by atoms with Crippen molar-refractivity contribution >= 4 is 31.1 Å². The van der Waals surface area contributed by atoms with Gasteiger partial charge in [0.2, 0.25) is 25.9 Å². The number of piperazine rings is 1. The number of fused-ring (bicyclic) bond motifs is 1. The van der Waals surface area contributed by atoms with Crippen molar-refractivity contribution in [2.24, 2.45) is 5.14 Å². The van der Waals surface area contributed by atoms with E-state index in [1.54, 1.807) is 18.2 Å². The molecule has 1 aliphatic heterocycles. The molecular formula is C19H22N10O4S2. The summed E-state index contributed by atoms with van der Waals surface area (Å²) < 4.78 is 54.9. The lowest BCUT2D eigenvalue weighted by atomic mass is 9.98. The quantitative estimate of drug-likeness (QED) is 0.174. The Morgan fingerprint density at radius 3 is 2.66 bits per heavy atom. The van der Waals surface area contributed by atoms with Crippen LogP contribution in [0.5, 0.6) is 0 Å².